The van der Waals surface area contributed by atoms with Crippen LogP contribution >= 0.6 is 24.0 Å². The normalized spacial score (nSPS) is 20.6. The Morgan fingerprint density at radius 3 is 3.00 bits per heavy atom. The fourth-order valence-electron chi connectivity index (χ4n) is 2.12. The highest BCUT2D eigenvalue weighted by Crippen LogP contribution is 2.12. The predicted molar refractivity (Wildman–Crippen MR) is 84.5 cm³/mol. The molecule has 110 valence electrons. The molecule has 0 saturated carbocycles. The average Bonchev–Trinajstić information content (AvgIpc) is 2.44. The monoisotopic (exact) mass is 304 g/mol. The number of hydrogen-bond donors (Lipinski definition) is 2. The van der Waals surface area contributed by atoms with Gasteiger partial charge in [-0.05, 0) is 32.7 Å². The number of nitrogens with one attached hydrogen (secondary N) is 2. The highest BCUT2D eigenvalue weighted by molar-refractivity contribution is 8.22. The van der Waals surface area contributed by atoms with E-state index in [9.17, 15) is 4.79 Å². The Bertz CT molecular complexity index is 294. The van der Waals surface area contributed by atoms with E-state index in [1.807, 2.05) is 0 Å². The van der Waals surface area contributed by atoms with E-state index in [2.05, 4.69) is 22.3 Å². The van der Waals surface area contributed by atoms with Gasteiger partial charge in [-0.25, -0.2) is 0 Å². The van der Waals surface area contributed by atoms with Crippen molar-refractivity contribution in [1.82, 2.24) is 10.6 Å². The number of thiocarbonyl (C=S) groups is 1. The second-order valence-electron chi connectivity index (χ2n) is 4.81. The molecule has 1 fully saturated rings. The fraction of sp³-hybridized carbons (Fsp3) is 0.846. The molecule has 1 aliphatic rings. The molecule has 1 heterocycles. The van der Waals surface area contributed by atoms with Gasteiger partial charge in [0.25, 0.3) is 0 Å². The molecule has 0 radical (unpaired) electrons. The summed E-state index contributed by atoms with van der Waals surface area (Å²) >= 11 is 6.92. The molecular weight excluding hydrogens is 280 g/mol. The van der Waals surface area contributed by atoms with E-state index in [0.717, 1.165) is 23.0 Å². The molecule has 19 heavy (non-hydrogen) atoms. The molecule has 1 rings (SSSR count). The lowest BCUT2D eigenvalue weighted by Gasteiger charge is -2.30. The van der Waals surface area contributed by atoms with Crippen molar-refractivity contribution in [1.29, 1.82) is 0 Å². The molecule has 6 heteroatoms. The molecule has 0 spiro atoms. The molecular formula is C13H24N2O2S2. The van der Waals surface area contributed by atoms with Gasteiger partial charge in [-0.1, -0.05) is 30.4 Å². The maximum atomic E-state index is 11.0. The number of carbonyl (C=O) groups excluding carboxylic acids is 1. The number of thioether (sulfide) groups is 1. The number of rotatable bonds is 6. The van der Waals surface area contributed by atoms with Crippen molar-refractivity contribution in [3.63, 3.8) is 0 Å². The number of methoxy groups -OCH3 is 1. The Morgan fingerprint density at radius 2 is 2.37 bits per heavy atom. The zero-order chi connectivity index (χ0) is 14.1. The van der Waals surface area contributed by atoms with E-state index in [-0.39, 0.29) is 5.97 Å². The molecule has 2 atom stereocenters. The van der Waals surface area contributed by atoms with Gasteiger partial charge in [0.05, 0.1) is 7.11 Å². The Balaban J connectivity index is 2.10. The third-order valence-electron chi connectivity index (χ3n) is 3.28. The number of ether oxygens (including phenoxy) is 1. The molecule has 0 amide bonds. The van der Waals surface area contributed by atoms with Crippen LogP contribution in [0.15, 0.2) is 0 Å². The quantitative estimate of drug-likeness (QED) is 0.445. The van der Waals surface area contributed by atoms with Crippen LogP contribution in [0.2, 0.25) is 0 Å². The summed E-state index contributed by atoms with van der Waals surface area (Å²) in [6.07, 6.45) is 5.05. The van der Waals surface area contributed by atoms with Gasteiger partial charge >= 0.3 is 5.97 Å². The molecule has 1 aliphatic heterocycles. The van der Waals surface area contributed by atoms with Crippen molar-refractivity contribution >= 4 is 34.3 Å². The standard InChI is InChI=1S/C13H24N2O2S2/c1-10(11-6-3-4-8-14-11)15-13(18)19-9-5-7-12(16)17-2/h10-11,14H,3-9H2,1-2H3,(H,15,18). The summed E-state index contributed by atoms with van der Waals surface area (Å²) in [6.45, 7) is 3.28. The number of hydrogen-bond acceptors (Lipinski definition) is 5. The maximum Gasteiger partial charge on any atom is 0.305 e. The van der Waals surface area contributed by atoms with Crippen LogP contribution in [0.1, 0.15) is 39.0 Å². The van der Waals surface area contributed by atoms with E-state index < -0.39 is 0 Å². The van der Waals surface area contributed by atoms with Gasteiger partial charge in [0.1, 0.15) is 4.32 Å². The van der Waals surface area contributed by atoms with Crippen molar-refractivity contribution in [2.24, 2.45) is 0 Å². The van der Waals surface area contributed by atoms with Crippen molar-refractivity contribution in [3.8, 4) is 0 Å². The Morgan fingerprint density at radius 1 is 1.58 bits per heavy atom. The van der Waals surface area contributed by atoms with Gasteiger partial charge in [-0.2, -0.15) is 0 Å². The Kier molecular flexibility index (Phi) is 8.41. The Labute approximate surface area is 125 Å². The molecule has 0 aromatic carbocycles. The first kappa shape index (κ1) is 16.7. The largest absolute Gasteiger partial charge is 0.469 e. The van der Waals surface area contributed by atoms with E-state index in [4.69, 9.17) is 12.2 Å². The van der Waals surface area contributed by atoms with E-state index >= 15 is 0 Å². The average molecular weight is 304 g/mol. The summed E-state index contributed by atoms with van der Waals surface area (Å²) in [4.78, 5) is 11.0. The second-order valence-corrected chi connectivity index (χ2v) is 6.58. The first-order chi connectivity index (χ1) is 9.13. The minimum absolute atomic E-state index is 0.153. The third kappa shape index (κ3) is 7.13. The first-order valence-electron chi connectivity index (χ1n) is 6.87. The van der Waals surface area contributed by atoms with Crippen LogP contribution < -0.4 is 10.6 Å². The highest BCUT2D eigenvalue weighted by Gasteiger charge is 2.19. The highest BCUT2D eigenvalue weighted by atomic mass is 32.2. The summed E-state index contributed by atoms with van der Waals surface area (Å²) in [5.74, 6) is 0.699. The summed E-state index contributed by atoms with van der Waals surface area (Å²) < 4.78 is 5.42. The van der Waals surface area contributed by atoms with Gasteiger partial charge in [-0.15, -0.1) is 0 Å². The molecule has 0 aliphatic carbocycles. The smallest absolute Gasteiger partial charge is 0.305 e. The lowest BCUT2D eigenvalue weighted by molar-refractivity contribution is -0.140. The van der Waals surface area contributed by atoms with Gasteiger partial charge in [0, 0.05) is 24.3 Å². The fourth-order valence-corrected chi connectivity index (χ4v) is 3.30. The molecule has 1 saturated heterocycles. The van der Waals surface area contributed by atoms with Crippen molar-refractivity contribution in [2.75, 3.05) is 19.4 Å². The van der Waals surface area contributed by atoms with Gasteiger partial charge < -0.3 is 15.4 Å². The van der Waals surface area contributed by atoms with Crippen molar-refractivity contribution in [3.05, 3.63) is 0 Å². The lowest BCUT2D eigenvalue weighted by Crippen LogP contribution is -2.49. The second kappa shape index (κ2) is 9.55. The van der Waals surface area contributed by atoms with Gasteiger partial charge in [-0.3, -0.25) is 4.79 Å². The molecule has 0 aromatic rings. The van der Waals surface area contributed by atoms with Crippen LogP contribution in [0.5, 0.6) is 0 Å². The summed E-state index contributed by atoms with van der Waals surface area (Å²) in [7, 11) is 1.42. The third-order valence-corrected chi connectivity index (χ3v) is 4.63. The van der Waals surface area contributed by atoms with Crippen LogP contribution in [-0.4, -0.2) is 41.8 Å². The van der Waals surface area contributed by atoms with Crippen LogP contribution in [-0.2, 0) is 9.53 Å². The first-order valence-corrected chi connectivity index (χ1v) is 8.26. The van der Waals surface area contributed by atoms with Crippen LogP contribution in [0.4, 0.5) is 0 Å². The van der Waals surface area contributed by atoms with E-state index in [0.29, 0.717) is 18.5 Å². The van der Waals surface area contributed by atoms with Crippen LogP contribution in [0.25, 0.3) is 0 Å². The van der Waals surface area contributed by atoms with Crippen LogP contribution in [0.3, 0.4) is 0 Å². The SMILES string of the molecule is COC(=O)CCCSC(=S)NC(C)C1CCCCN1. The van der Waals surface area contributed by atoms with Crippen LogP contribution in [0, 0.1) is 0 Å². The molecule has 4 nitrogen and oxygen atoms in total. The van der Waals surface area contributed by atoms with Crippen molar-refractivity contribution in [2.45, 2.75) is 51.1 Å². The molecule has 2 N–H and O–H groups in total. The summed E-state index contributed by atoms with van der Waals surface area (Å²) in [5.41, 5.74) is 0. The van der Waals surface area contributed by atoms with Gasteiger partial charge in [0.15, 0.2) is 0 Å². The molecule has 0 bridgehead atoms. The minimum atomic E-state index is -0.153. The summed E-state index contributed by atoms with van der Waals surface area (Å²) in [5, 5.41) is 6.89. The predicted octanol–water partition coefficient (Wildman–Crippen LogP) is 2.08. The number of piperidine rings is 1. The molecule has 2 unspecified atom stereocenters. The maximum absolute atomic E-state index is 11.0. The zero-order valence-electron chi connectivity index (χ0n) is 11.7. The van der Waals surface area contributed by atoms with E-state index in [1.54, 1.807) is 11.8 Å². The topological polar surface area (TPSA) is 50.4 Å². The summed E-state index contributed by atoms with van der Waals surface area (Å²) in [6, 6.07) is 0.878. The lowest BCUT2D eigenvalue weighted by atomic mass is 9.99. The van der Waals surface area contributed by atoms with Gasteiger partial charge in [0.2, 0.25) is 0 Å². The Hall–Kier alpha value is -0.330. The zero-order valence-corrected chi connectivity index (χ0v) is 13.4. The van der Waals surface area contributed by atoms with E-state index in [1.165, 1.54) is 26.4 Å². The minimum Gasteiger partial charge on any atom is -0.469 e. The number of carbonyl (C=O) groups is 1. The number of esters is 1. The molecule has 0 aromatic heterocycles. The van der Waals surface area contributed by atoms with Crippen molar-refractivity contribution < 1.29 is 9.53 Å².